The Balaban J connectivity index is 2.07. The van der Waals surface area contributed by atoms with E-state index in [0.717, 1.165) is 19.1 Å². The second-order valence-electron chi connectivity index (χ2n) is 5.73. The first-order valence-electron chi connectivity index (χ1n) is 7.18. The van der Waals surface area contributed by atoms with E-state index in [0.29, 0.717) is 5.92 Å². The Labute approximate surface area is 119 Å². The van der Waals surface area contributed by atoms with Crippen LogP contribution in [0.25, 0.3) is 0 Å². The second-order valence-corrected chi connectivity index (χ2v) is 5.73. The lowest BCUT2D eigenvalue weighted by atomic mass is 9.55. The summed E-state index contributed by atoms with van der Waals surface area (Å²) in [4.78, 5) is 10.9. The van der Waals surface area contributed by atoms with Crippen molar-refractivity contribution < 1.29 is 4.79 Å². The number of aldehydes is 1. The SMILES string of the molecule is O=C/C=C/C12CCC(c3ccccc31)c1ccccc12. The monoisotopic (exact) mass is 260 g/mol. The van der Waals surface area contributed by atoms with Crippen LogP contribution in [0.15, 0.2) is 60.7 Å². The van der Waals surface area contributed by atoms with Gasteiger partial charge in [-0.3, -0.25) is 4.79 Å². The van der Waals surface area contributed by atoms with Crippen LogP contribution < -0.4 is 0 Å². The van der Waals surface area contributed by atoms with Gasteiger partial charge in [0.2, 0.25) is 0 Å². The van der Waals surface area contributed by atoms with Crippen LogP contribution in [-0.4, -0.2) is 6.29 Å². The fourth-order valence-corrected chi connectivity index (χ4v) is 4.15. The molecule has 0 saturated heterocycles. The predicted octanol–water partition coefficient (Wildman–Crippen LogP) is 3.97. The van der Waals surface area contributed by atoms with Gasteiger partial charge in [-0.1, -0.05) is 54.6 Å². The Morgan fingerprint density at radius 3 is 2.15 bits per heavy atom. The molecule has 0 amide bonds. The smallest absolute Gasteiger partial charge is 0.142 e. The van der Waals surface area contributed by atoms with Gasteiger partial charge < -0.3 is 0 Å². The number of hydrogen-bond acceptors (Lipinski definition) is 1. The maximum atomic E-state index is 10.9. The van der Waals surface area contributed by atoms with Crippen molar-refractivity contribution >= 4 is 6.29 Å². The number of carbonyl (C=O) groups is 1. The highest BCUT2D eigenvalue weighted by Gasteiger charge is 2.46. The largest absolute Gasteiger partial charge is 0.299 e. The summed E-state index contributed by atoms with van der Waals surface area (Å²) in [5.74, 6) is 0.522. The van der Waals surface area contributed by atoms with Crippen molar-refractivity contribution in [2.45, 2.75) is 24.2 Å². The molecule has 0 N–H and O–H groups in total. The van der Waals surface area contributed by atoms with E-state index in [1.165, 1.54) is 22.3 Å². The number of benzene rings is 2. The average Bonchev–Trinajstić information content (AvgIpc) is 2.54. The van der Waals surface area contributed by atoms with Gasteiger partial charge in [0.25, 0.3) is 0 Å². The molecular formula is C19H16O. The molecule has 0 spiro atoms. The molecule has 0 aromatic heterocycles. The van der Waals surface area contributed by atoms with E-state index in [1.807, 2.05) is 0 Å². The molecule has 0 radical (unpaired) electrons. The van der Waals surface area contributed by atoms with Crippen molar-refractivity contribution in [3.63, 3.8) is 0 Å². The van der Waals surface area contributed by atoms with Gasteiger partial charge in [0.15, 0.2) is 0 Å². The highest BCUT2D eigenvalue weighted by atomic mass is 16.1. The van der Waals surface area contributed by atoms with Crippen LogP contribution in [0.5, 0.6) is 0 Å². The maximum absolute atomic E-state index is 10.9. The van der Waals surface area contributed by atoms with Crippen LogP contribution >= 0.6 is 0 Å². The number of carbonyl (C=O) groups excluding carboxylic acids is 1. The zero-order valence-corrected chi connectivity index (χ0v) is 11.3. The van der Waals surface area contributed by atoms with Gasteiger partial charge in [-0.05, 0) is 41.2 Å². The molecule has 0 saturated carbocycles. The van der Waals surface area contributed by atoms with Crippen molar-refractivity contribution in [3.05, 3.63) is 82.9 Å². The van der Waals surface area contributed by atoms with Crippen molar-refractivity contribution in [2.24, 2.45) is 0 Å². The van der Waals surface area contributed by atoms with Gasteiger partial charge in [-0.2, -0.15) is 0 Å². The molecule has 3 aliphatic carbocycles. The zero-order chi connectivity index (χ0) is 13.6. The molecule has 3 aliphatic rings. The van der Waals surface area contributed by atoms with E-state index < -0.39 is 0 Å². The molecule has 1 heteroatoms. The Morgan fingerprint density at radius 2 is 1.55 bits per heavy atom. The molecule has 0 heterocycles. The average molecular weight is 260 g/mol. The number of hydrogen-bond donors (Lipinski definition) is 0. The lowest BCUT2D eigenvalue weighted by molar-refractivity contribution is -0.104. The van der Waals surface area contributed by atoms with Crippen LogP contribution in [0.4, 0.5) is 0 Å². The summed E-state index contributed by atoms with van der Waals surface area (Å²) >= 11 is 0. The third-order valence-corrected chi connectivity index (χ3v) is 4.92. The summed E-state index contributed by atoms with van der Waals surface area (Å²) in [5.41, 5.74) is 5.53. The van der Waals surface area contributed by atoms with E-state index in [9.17, 15) is 4.79 Å². The van der Waals surface area contributed by atoms with Crippen molar-refractivity contribution in [1.29, 1.82) is 0 Å². The highest BCUT2D eigenvalue weighted by molar-refractivity contribution is 5.68. The van der Waals surface area contributed by atoms with Crippen LogP contribution in [0.3, 0.4) is 0 Å². The van der Waals surface area contributed by atoms with Gasteiger partial charge >= 0.3 is 0 Å². The quantitative estimate of drug-likeness (QED) is 0.590. The Morgan fingerprint density at radius 1 is 0.950 bits per heavy atom. The lowest BCUT2D eigenvalue weighted by Crippen LogP contribution is -2.38. The van der Waals surface area contributed by atoms with E-state index in [1.54, 1.807) is 6.08 Å². The minimum atomic E-state index is -0.108. The first-order valence-corrected chi connectivity index (χ1v) is 7.18. The highest BCUT2D eigenvalue weighted by Crippen LogP contribution is 2.56. The standard InChI is InChI=1S/C19H16O/c20-13-5-11-19-12-10-14(15-6-1-3-8-17(15)19)16-7-2-4-9-18(16)19/h1-9,11,13-14H,10,12H2/b11-5+. The molecular weight excluding hydrogens is 244 g/mol. The normalized spacial score (nSPS) is 26.3. The molecule has 5 rings (SSSR count). The maximum Gasteiger partial charge on any atom is 0.142 e. The van der Waals surface area contributed by atoms with E-state index in [4.69, 9.17) is 0 Å². The van der Waals surface area contributed by atoms with E-state index in [-0.39, 0.29) is 5.41 Å². The second kappa shape index (κ2) is 4.17. The molecule has 0 atom stereocenters. The van der Waals surface area contributed by atoms with Crippen LogP contribution in [0.1, 0.15) is 41.0 Å². The number of fused-ring (bicyclic) bond motifs is 1. The molecule has 20 heavy (non-hydrogen) atoms. The zero-order valence-electron chi connectivity index (χ0n) is 11.3. The van der Waals surface area contributed by atoms with Gasteiger partial charge in [0.05, 0.1) is 0 Å². The molecule has 0 aliphatic heterocycles. The van der Waals surface area contributed by atoms with Gasteiger partial charge in [-0.15, -0.1) is 0 Å². The summed E-state index contributed by atoms with van der Waals surface area (Å²) in [5, 5.41) is 0. The summed E-state index contributed by atoms with van der Waals surface area (Å²) in [6, 6.07) is 17.4. The van der Waals surface area contributed by atoms with Gasteiger partial charge in [0, 0.05) is 11.3 Å². The number of rotatable bonds is 2. The molecule has 2 aromatic rings. The fourth-order valence-electron chi connectivity index (χ4n) is 4.15. The van der Waals surface area contributed by atoms with Crippen molar-refractivity contribution in [1.82, 2.24) is 0 Å². The van der Waals surface area contributed by atoms with Crippen LogP contribution in [0, 0.1) is 0 Å². The third-order valence-electron chi connectivity index (χ3n) is 4.92. The Kier molecular flexibility index (Phi) is 2.43. The van der Waals surface area contributed by atoms with E-state index in [2.05, 4.69) is 54.6 Å². The molecule has 2 bridgehead atoms. The summed E-state index contributed by atoms with van der Waals surface area (Å²) in [7, 11) is 0. The topological polar surface area (TPSA) is 17.1 Å². The Bertz CT molecular complexity index is 664. The lowest BCUT2D eigenvalue weighted by Gasteiger charge is -2.48. The van der Waals surface area contributed by atoms with E-state index >= 15 is 0 Å². The fraction of sp³-hybridized carbons (Fsp3) is 0.211. The molecule has 0 unspecified atom stereocenters. The molecule has 0 fully saturated rings. The first kappa shape index (κ1) is 11.7. The molecule has 1 nitrogen and oxygen atoms in total. The third kappa shape index (κ3) is 1.35. The Hall–Kier alpha value is -2.15. The van der Waals surface area contributed by atoms with Crippen LogP contribution in [0.2, 0.25) is 0 Å². The predicted molar refractivity (Wildman–Crippen MR) is 79.9 cm³/mol. The van der Waals surface area contributed by atoms with Crippen LogP contribution in [-0.2, 0) is 10.2 Å². The van der Waals surface area contributed by atoms with Gasteiger partial charge in [-0.25, -0.2) is 0 Å². The van der Waals surface area contributed by atoms with Crippen molar-refractivity contribution in [3.8, 4) is 0 Å². The first-order chi connectivity index (χ1) is 9.87. The molecule has 2 aromatic carbocycles. The summed E-state index contributed by atoms with van der Waals surface area (Å²) < 4.78 is 0. The minimum Gasteiger partial charge on any atom is -0.299 e. The summed E-state index contributed by atoms with van der Waals surface area (Å²) in [6.07, 6.45) is 6.92. The molecule has 98 valence electrons. The van der Waals surface area contributed by atoms with Crippen molar-refractivity contribution in [2.75, 3.05) is 0 Å². The minimum absolute atomic E-state index is 0.108. The summed E-state index contributed by atoms with van der Waals surface area (Å²) in [6.45, 7) is 0. The number of allylic oxidation sites excluding steroid dienone is 2. The van der Waals surface area contributed by atoms with Gasteiger partial charge in [0.1, 0.15) is 6.29 Å².